The molecule has 9 aliphatic rings. The van der Waals surface area contributed by atoms with Crippen molar-refractivity contribution in [2.24, 2.45) is 47.3 Å². The van der Waals surface area contributed by atoms with Crippen LogP contribution in [0.25, 0.3) is 0 Å². The zero-order chi connectivity index (χ0) is 102. The molecule has 3 heterocycles. The molecular formula is C106H132B9Cl18O5S2Y9-9. The number of aryl methyl sites for hydroxylation is 2. The number of alkyl halides is 18. The van der Waals surface area contributed by atoms with Crippen molar-refractivity contribution < 1.29 is 318 Å². The number of halogens is 18. The molecule has 43 heteroatoms. The molecule has 3 aromatic heterocycles. The van der Waals surface area contributed by atoms with Crippen LogP contribution in [0.4, 0.5) is 0 Å². The van der Waals surface area contributed by atoms with Crippen molar-refractivity contribution in [2.45, 2.75) is 342 Å². The van der Waals surface area contributed by atoms with Crippen LogP contribution in [0.1, 0.15) is 191 Å². The number of thiophene rings is 2. The number of allylic oxidation sites excluding steroid dienone is 2. The minimum atomic E-state index is -0.0904. The fourth-order valence-electron chi connectivity index (χ4n) is 18.9. The van der Waals surface area contributed by atoms with Crippen LogP contribution in [0.5, 0.6) is 0 Å². The first-order valence-corrected chi connectivity index (χ1v) is 58.8. The number of rotatable bonds is 36. The van der Waals surface area contributed by atoms with Crippen LogP contribution in [0.3, 0.4) is 0 Å². The number of furan rings is 1. The summed E-state index contributed by atoms with van der Waals surface area (Å²) in [6, 6.07) is 41.8. The predicted octanol–water partition coefficient (Wildman–Crippen LogP) is 31.5. The molecule has 5 nitrogen and oxygen atoms in total. The van der Waals surface area contributed by atoms with Gasteiger partial charge in [0.15, 0.2) is 0 Å². The fraction of sp³-hybridized carbons (Fsp3) is 0.660. The molecule has 9 fully saturated rings. The van der Waals surface area contributed by atoms with E-state index in [0.29, 0.717) is 69.9 Å². The van der Waals surface area contributed by atoms with Gasteiger partial charge in [-0.2, -0.15) is 116 Å². The average Bonchev–Trinajstić information content (AvgIpc) is 1.61. The van der Waals surface area contributed by atoms with E-state index >= 15 is 0 Å². The van der Waals surface area contributed by atoms with Crippen molar-refractivity contribution in [3.8, 4) is 0 Å². The Bertz CT molecular complexity index is 3930. The first kappa shape index (κ1) is 165. The van der Waals surface area contributed by atoms with Gasteiger partial charge in [0.05, 0.1) is 77.2 Å². The van der Waals surface area contributed by atoms with E-state index in [-0.39, 0.29) is 473 Å². The Kier molecular flexibility index (Phi) is 104. The summed E-state index contributed by atoms with van der Waals surface area (Å²) >= 11 is 114. The molecule has 6 aromatic rings. The maximum Gasteiger partial charge on any atom is 0.0728 e. The van der Waals surface area contributed by atoms with Gasteiger partial charge >= 0.3 is 0 Å². The molecule has 36 atom stereocenters. The molecule has 0 aliphatic heterocycles. The van der Waals surface area contributed by atoms with E-state index in [1.165, 1.54) is 45.7 Å². The number of hydrogen-bond acceptors (Lipinski definition) is 7. The Hall–Kier alpha value is 11.7. The van der Waals surface area contributed by atoms with Gasteiger partial charge in [-0.1, -0.05) is 165 Å². The monoisotopic (exact) mass is 3080 g/mol. The second-order valence-corrected chi connectivity index (χ2v) is 50.0. The topological polar surface area (TPSA) is 50.1 Å². The molecule has 0 N–H and O–H groups in total. The summed E-state index contributed by atoms with van der Waals surface area (Å²) in [5.41, 5.74) is 4.84. The van der Waals surface area contributed by atoms with Crippen LogP contribution in [0.2, 0.25) is 52.4 Å². The standard InChI is InChI=1S/C14H16BCl2.C13H14BCl2O.C13H14BCl2.C12H14BCl2S.C11H12BCl2O2.C11H12BCl2OS.C11H18BCl2.C11H16BCl2.C10H16BCl2O.9Y/c15-14-11(12(16)9-13(14)17)8-4-7-10-5-2-1-3-6-10;14-13-10(11(15)6-12(13)16)8-17-7-9-4-2-1-3-5-9;1-2-8-3-5-9(6-4-8)12-10(15)7-11(16)13(12)14;13-12-9(10(14)7-11(12)15)5-1-3-8-4-2-6-16-8;2*12-11-8(9(13)4-10(11)14)6-15-5-7-2-1-3-16-7;2*1-2-3-4-5-6-8-9(13)7-10(14)11(8)12;1-2-3-4-14-6-7-8(12)5-9(13)10(7)11;;;;;;;;;/h1-2,5-6,11-14H,4,7-9H2;1-2,4-5,10-13H,6-8H2;3-6,10-13H,1-2,7H2;2,4,9-12H,1,3,5,7H2;2*1-2,8-11H,4-6H2;8-11H,1-7H2;4-5,8-11H,1-3,6-7H2;7-10H,1-6H2;;;;;;;;;/q9*-1;;;;;;;;;/b;;;;;;;5-4-;;;;;;;;;;. The van der Waals surface area contributed by atoms with Gasteiger partial charge in [-0.3, -0.25) is 11.3 Å². The normalized spacial score (nSPS) is 32.9. The van der Waals surface area contributed by atoms with Crippen LogP contribution in [-0.2, 0) is 352 Å². The zero-order valence-corrected chi connectivity index (χ0v) is 126. The first-order valence-electron chi connectivity index (χ1n) is 49.3. The summed E-state index contributed by atoms with van der Waals surface area (Å²) in [5, 5.41) is 7.04. The quantitative estimate of drug-likeness (QED) is 0.0129. The van der Waals surface area contributed by atoms with E-state index in [2.05, 4.69) is 105 Å². The Morgan fingerprint density at radius 2 is 0.678 bits per heavy atom. The van der Waals surface area contributed by atoms with Crippen molar-refractivity contribution in [1.29, 1.82) is 0 Å². The fourth-order valence-corrected chi connectivity index (χ4v) is 28.5. The van der Waals surface area contributed by atoms with Gasteiger partial charge in [-0.05, 0) is 141 Å². The van der Waals surface area contributed by atoms with E-state index in [0.717, 1.165) is 166 Å². The van der Waals surface area contributed by atoms with E-state index in [1.807, 2.05) is 66.7 Å². The maximum atomic E-state index is 6.30. The summed E-state index contributed by atoms with van der Waals surface area (Å²) in [7, 11) is 54.0. The van der Waals surface area contributed by atoms with Crippen LogP contribution in [0, 0.1) is 104 Å². The number of ether oxygens (including phenoxy) is 4. The van der Waals surface area contributed by atoms with Crippen LogP contribution < -0.4 is 0 Å². The molecule has 0 spiro atoms. The third-order valence-electron chi connectivity index (χ3n) is 27.8. The third-order valence-corrected chi connectivity index (χ3v) is 38.1. The molecule has 149 heavy (non-hydrogen) atoms. The SMILES string of the molecule is [B]C1C(Cl)CC(Cl)C1C/C=C\CC[CH2-].[B]C1C(Cl)CC(Cl)C1CCCCC[CH2-].[B]C1C(Cl)CC(Cl)C1CCCc1c[c-]ccc1.[B]C1C(Cl)CC(Cl)C1CCCc1cc[c-]s1.[B]C1C(Cl)CC(Cl)C1COCCC[CH2-].[B]C1C(Cl)CC(Cl)C1COCc1c[c-]ccc1.[B]C1C(Cl)CC(Cl)C1COCc1cc[c-]o1.[B]C1C(Cl)CC(Cl)C1COCc1cc[c-]s1.[B]C1C(Cl)CC(Cl)C1c1ccc(C[CH2-])cc1.[Y].[Y].[Y].[Y].[Y].[Y].[Y].[Y].[Y]. The van der Waals surface area contributed by atoms with Crippen molar-refractivity contribution in [1.82, 2.24) is 0 Å². The smallest absolute Gasteiger partial charge is 0.0728 e. The largest absolute Gasteiger partial charge is 0.593 e. The Labute approximate surface area is 1240 Å². The Morgan fingerprint density at radius 1 is 0.315 bits per heavy atom. The average molecular weight is 3090 g/mol. The van der Waals surface area contributed by atoms with Crippen molar-refractivity contribution in [3.05, 3.63) is 216 Å². The maximum absolute atomic E-state index is 6.30. The molecule has 0 saturated heterocycles. The molecule has 787 valence electrons. The molecule has 36 unspecified atom stereocenters. The number of hydrogen-bond donors (Lipinski definition) is 0. The van der Waals surface area contributed by atoms with Crippen molar-refractivity contribution >= 4 is 302 Å². The predicted molar refractivity (Wildman–Crippen MR) is 618 cm³/mol. The number of unbranched alkanes of at least 4 members (excludes halogenated alkanes) is 5. The van der Waals surface area contributed by atoms with Crippen LogP contribution in [0.15, 0.2) is 126 Å². The van der Waals surface area contributed by atoms with Gasteiger partial charge < -0.3 is 62.4 Å². The van der Waals surface area contributed by atoms with Crippen LogP contribution >= 0.6 is 231 Å². The minimum absolute atomic E-state index is 0. The summed E-state index contributed by atoms with van der Waals surface area (Å²) in [6.45, 7) is 19.8. The summed E-state index contributed by atoms with van der Waals surface area (Å²) < 4.78 is 27.3. The van der Waals surface area contributed by atoms with Crippen molar-refractivity contribution in [3.63, 3.8) is 0 Å². The molecular weight excluding hydrogens is 2950 g/mol. The Morgan fingerprint density at radius 3 is 1.03 bits per heavy atom. The molecule has 15 rings (SSSR count). The Balaban J connectivity index is -0.00000160. The summed E-state index contributed by atoms with van der Waals surface area (Å²) in [5.74, 6) is 3.02. The van der Waals surface area contributed by atoms with Gasteiger partial charge in [0, 0.05) is 437 Å². The molecule has 9 aliphatic carbocycles. The van der Waals surface area contributed by atoms with Gasteiger partial charge in [0.2, 0.25) is 0 Å². The van der Waals surface area contributed by atoms with Gasteiger partial charge in [-0.15, -0.1) is 241 Å². The zero-order valence-electron chi connectivity index (χ0n) is 85.3. The molecule has 0 bridgehead atoms. The van der Waals surface area contributed by atoms with E-state index in [9.17, 15) is 0 Å². The summed E-state index contributed by atoms with van der Waals surface area (Å²) in [4.78, 5) is 2.56. The molecule has 9 saturated carbocycles. The van der Waals surface area contributed by atoms with Crippen molar-refractivity contribution in [2.75, 3.05) is 33.0 Å². The van der Waals surface area contributed by atoms with Gasteiger partial charge in [-0.25, -0.2) is 6.07 Å². The van der Waals surface area contributed by atoms with Gasteiger partial charge in [0.1, 0.15) is 0 Å². The summed E-state index contributed by atoms with van der Waals surface area (Å²) in [6.07, 6.45) is 32.1. The third kappa shape index (κ3) is 60.2. The van der Waals surface area contributed by atoms with Gasteiger partial charge in [0.25, 0.3) is 0 Å². The second-order valence-electron chi connectivity index (χ2n) is 38.0. The molecule has 3 aromatic carbocycles. The molecule has 0 amide bonds. The number of benzene rings is 3. The first-order chi connectivity index (χ1) is 67.0. The second kappa shape index (κ2) is 94.1. The minimum Gasteiger partial charge on any atom is -0.593 e. The molecule has 27 radical (unpaired) electrons. The van der Waals surface area contributed by atoms with E-state index in [1.54, 1.807) is 28.7 Å². The van der Waals surface area contributed by atoms with E-state index < -0.39 is 0 Å². The van der Waals surface area contributed by atoms with Crippen LogP contribution in [-0.4, -0.2) is 200 Å². The van der Waals surface area contributed by atoms with E-state index in [4.69, 9.17) is 303 Å².